The molecule has 0 unspecified atom stereocenters. The molecule has 1 aliphatic rings. The molecular weight excluding hydrogens is 304 g/mol. The number of aromatic nitrogens is 2. The second kappa shape index (κ2) is 5.98. The van der Waals surface area contributed by atoms with Crippen LogP contribution in [0.15, 0.2) is 42.6 Å². The zero-order valence-corrected chi connectivity index (χ0v) is 13.5. The van der Waals surface area contributed by atoms with E-state index in [9.17, 15) is 5.26 Å². The number of para-hydroxylation sites is 1. The van der Waals surface area contributed by atoms with Gasteiger partial charge in [-0.15, -0.1) is 11.3 Å². The SMILES string of the molecule is N#Cc1cccnc1N1CCC[C@@H](c2nc3ccccc3s2)C1. The largest absolute Gasteiger partial charge is 0.355 e. The molecule has 0 aliphatic carbocycles. The molecule has 0 N–H and O–H groups in total. The smallest absolute Gasteiger partial charge is 0.146 e. The van der Waals surface area contributed by atoms with Crippen molar-refractivity contribution in [1.82, 2.24) is 9.97 Å². The molecule has 0 amide bonds. The van der Waals surface area contributed by atoms with Crippen LogP contribution in [0.3, 0.4) is 0 Å². The van der Waals surface area contributed by atoms with Crippen LogP contribution < -0.4 is 4.90 Å². The van der Waals surface area contributed by atoms with E-state index in [1.54, 1.807) is 17.5 Å². The second-order valence-electron chi connectivity index (χ2n) is 5.79. The van der Waals surface area contributed by atoms with E-state index in [1.165, 1.54) is 9.71 Å². The Labute approximate surface area is 139 Å². The van der Waals surface area contributed by atoms with E-state index in [0.717, 1.165) is 37.3 Å². The van der Waals surface area contributed by atoms with Crippen molar-refractivity contribution in [3.8, 4) is 6.07 Å². The molecule has 5 heteroatoms. The van der Waals surface area contributed by atoms with Gasteiger partial charge in [-0.2, -0.15) is 5.26 Å². The number of nitrogens with zero attached hydrogens (tertiary/aromatic N) is 4. The predicted molar refractivity (Wildman–Crippen MR) is 92.8 cm³/mol. The molecule has 1 saturated heterocycles. The van der Waals surface area contributed by atoms with Gasteiger partial charge in [0.1, 0.15) is 11.9 Å². The van der Waals surface area contributed by atoms with Gasteiger partial charge in [0.25, 0.3) is 0 Å². The van der Waals surface area contributed by atoms with Crippen LogP contribution in [-0.2, 0) is 0 Å². The lowest BCUT2D eigenvalue weighted by atomic mass is 9.98. The number of pyridine rings is 1. The van der Waals surface area contributed by atoms with Crippen molar-refractivity contribution in [2.45, 2.75) is 18.8 Å². The second-order valence-corrected chi connectivity index (χ2v) is 6.85. The number of nitriles is 1. The number of piperidine rings is 1. The summed E-state index contributed by atoms with van der Waals surface area (Å²) in [5.74, 6) is 1.22. The molecule has 1 aromatic carbocycles. The third-order valence-corrected chi connectivity index (χ3v) is 5.49. The van der Waals surface area contributed by atoms with Gasteiger partial charge in [-0.1, -0.05) is 12.1 Å². The Bertz CT molecular complexity index is 847. The van der Waals surface area contributed by atoms with E-state index in [1.807, 2.05) is 18.2 Å². The minimum Gasteiger partial charge on any atom is -0.355 e. The fourth-order valence-corrected chi connectivity index (χ4v) is 4.27. The average Bonchev–Trinajstić information content (AvgIpc) is 3.06. The summed E-state index contributed by atoms with van der Waals surface area (Å²) in [6.07, 6.45) is 4.00. The summed E-state index contributed by atoms with van der Waals surface area (Å²) in [4.78, 5) is 11.5. The van der Waals surface area contributed by atoms with Gasteiger partial charge in [-0.05, 0) is 37.1 Å². The van der Waals surface area contributed by atoms with Gasteiger partial charge in [-0.3, -0.25) is 0 Å². The minimum atomic E-state index is 0.412. The maximum atomic E-state index is 9.30. The normalized spacial score (nSPS) is 18.0. The molecular formula is C18H16N4S. The Morgan fingerprint density at radius 2 is 2.13 bits per heavy atom. The van der Waals surface area contributed by atoms with Crippen molar-refractivity contribution < 1.29 is 0 Å². The first kappa shape index (κ1) is 14.2. The Morgan fingerprint density at radius 3 is 3.00 bits per heavy atom. The van der Waals surface area contributed by atoms with Gasteiger partial charge < -0.3 is 4.90 Å². The summed E-state index contributed by atoms with van der Waals surface area (Å²) >= 11 is 1.79. The average molecular weight is 320 g/mol. The monoisotopic (exact) mass is 320 g/mol. The molecule has 0 spiro atoms. The Kier molecular flexibility index (Phi) is 3.68. The summed E-state index contributed by atoms with van der Waals surface area (Å²) in [6.45, 7) is 1.83. The number of hydrogen-bond donors (Lipinski definition) is 0. The molecule has 1 aliphatic heterocycles. The Balaban J connectivity index is 1.63. The molecule has 0 saturated carbocycles. The van der Waals surface area contributed by atoms with Crippen molar-refractivity contribution in [3.63, 3.8) is 0 Å². The summed E-state index contributed by atoms with van der Waals surface area (Å²) in [5, 5.41) is 10.5. The van der Waals surface area contributed by atoms with E-state index in [2.05, 4.69) is 34.2 Å². The zero-order chi connectivity index (χ0) is 15.6. The fourth-order valence-electron chi connectivity index (χ4n) is 3.17. The van der Waals surface area contributed by atoms with Crippen LogP contribution in [0.2, 0.25) is 0 Å². The zero-order valence-electron chi connectivity index (χ0n) is 12.6. The molecule has 0 bridgehead atoms. The maximum absolute atomic E-state index is 9.30. The van der Waals surface area contributed by atoms with Gasteiger partial charge in [0.05, 0.1) is 20.8 Å². The topological polar surface area (TPSA) is 52.8 Å². The van der Waals surface area contributed by atoms with Crippen molar-refractivity contribution in [2.75, 3.05) is 18.0 Å². The molecule has 23 heavy (non-hydrogen) atoms. The molecule has 2 aromatic heterocycles. The van der Waals surface area contributed by atoms with Crippen molar-refractivity contribution in [3.05, 3.63) is 53.2 Å². The van der Waals surface area contributed by atoms with Crippen molar-refractivity contribution in [1.29, 1.82) is 5.26 Å². The molecule has 3 aromatic rings. The molecule has 1 atom stereocenters. The third-order valence-electron chi connectivity index (χ3n) is 4.29. The lowest BCUT2D eigenvalue weighted by molar-refractivity contribution is 0.506. The molecule has 4 rings (SSSR count). The highest BCUT2D eigenvalue weighted by Gasteiger charge is 2.26. The summed E-state index contributed by atoms with van der Waals surface area (Å²) in [5.41, 5.74) is 1.73. The van der Waals surface area contributed by atoms with Crippen molar-refractivity contribution >= 4 is 27.4 Å². The molecule has 114 valence electrons. The third kappa shape index (κ3) is 2.66. The van der Waals surface area contributed by atoms with Crippen LogP contribution >= 0.6 is 11.3 Å². The first-order valence-corrected chi connectivity index (χ1v) is 8.62. The first-order valence-electron chi connectivity index (χ1n) is 7.80. The summed E-state index contributed by atoms with van der Waals surface area (Å²) < 4.78 is 1.25. The van der Waals surface area contributed by atoms with Gasteiger partial charge in [0, 0.05) is 25.2 Å². The highest BCUT2D eigenvalue weighted by atomic mass is 32.1. The lowest BCUT2D eigenvalue weighted by Gasteiger charge is -2.33. The number of thiazole rings is 1. The summed E-state index contributed by atoms with van der Waals surface area (Å²) in [6, 6.07) is 14.2. The number of anilines is 1. The molecule has 0 radical (unpaired) electrons. The number of hydrogen-bond acceptors (Lipinski definition) is 5. The number of benzene rings is 1. The van der Waals surface area contributed by atoms with Crippen LogP contribution in [0.4, 0.5) is 5.82 Å². The van der Waals surface area contributed by atoms with Gasteiger partial charge in [0.15, 0.2) is 0 Å². The molecule has 3 heterocycles. The first-order chi connectivity index (χ1) is 11.3. The van der Waals surface area contributed by atoms with E-state index < -0.39 is 0 Å². The summed E-state index contributed by atoms with van der Waals surface area (Å²) in [7, 11) is 0. The quantitative estimate of drug-likeness (QED) is 0.717. The molecule has 1 fully saturated rings. The van der Waals surface area contributed by atoms with Gasteiger partial charge in [0.2, 0.25) is 0 Å². The highest BCUT2D eigenvalue weighted by molar-refractivity contribution is 7.18. The Morgan fingerprint density at radius 1 is 1.22 bits per heavy atom. The van der Waals surface area contributed by atoms with E-state index >= 15 is 0 Å². The van der Waals surface area contributed by atoms with Crippen LogP contribution in [0.1, 0.15) is 29.3 Å². The van der Waals surface area contributed by atoms with Crippen LogP contribution in [0, 0.1) is 11.3 Å². The van der Waals surface area contributed by atoms with Crippen LogP contribution in [0.5, 0.6) is 0 Å². The lowest BCUT2D eigenvalue weighted by Crippen LogP contribution is -2.35. The number of rotatable bonds is 2. The van der Waals surface area contributed by atoms with E-state index in [0.29, 0.717) is 11.5 Å². The maximum Gasteiger partial charge on any atom is 0.146 e. The molecule has 4 nitrogen and oxygen atoms in total. The van der Waals surface area contributed by atoms with E-state index in [-0.39, 0.29) is 0 Å². The van der Waals surface area contributed by atoms with Gasteiger partial charge >= 0.3 is 0 Å². The van der Waals surface area contributed by atoms with Crippen LogP contribution in [-0.4, -0.2) is 23.1 Å². The van der Waals surface area contributed by atoms with Crippen LogP contribution in [0.25, 0.3) is 10.2 Å². The Hall–Kier alpha value is -2.45. The van der Waals surface area contributed by atoms with Gasteiger partial charge in [-0.25, -0.2) is 9.97 Å². The minimum absolute atomic E-state index is 0.412. The fraction of sp³-hybridized carbons (Fsp3) is 0.278. The standard InChI is InChI=1S/C18H16N4S/c19-11-13-5-3-9-20-17(13)22-10-4-6-14(12-22)18-21-15-7-1-2-8-16(15)23-18/h1-3,5,7-9,14H,4,6,10,12H2/t14-/m1/s1. The predicted octanol–water partition coefficient (Wildman–Crippen LogP) is 3.95. The highest BCUT2D eigenvalue weighted by Crippen LogP contribution is 2.34. The number of fused-ring (bicyclic) bond motifs is 1. The van der Waals surface area contributed by atoms with E-state index in [4.69, 9.17) is 4.98 Å². The van der Waals surface area contributed by atoms with Crippen molar-refractivity contribution in [2.24, 2.45) is 0 Å².